The van der Waals surface area contributed by atoms with Crippen molar-refractivity contribution in [3.8, 4) is 0 Å². The van der Waals surface area contributed by atoms with Crippen LogP contribution in [0.3, 0.4) is 0 Å². The summed E-state index contributed by atoms with van der Waals surface area (Å²) in [5.74, 6) is 0.472. The van der Waals surface area contributed by atoms with E-state index >= 15 is 0 Å². The zero-order valence-corrected chi connectivity index (χ0v) is 13.0. The van der Waals surface area contributed by atoms with Gasteiger partial charge in [0.25, 0.3) is 0 Å². The molecular formula is C17H19ClS. The van der Waals surface area contributed by atoms with Gasteiger partial charge in [-0.3, -0.25) is 0 Å². The number of halogens is 1. The molecule has 0 aliphatic heterocycles. The minimum absolute atomic E-state index is 0.117. The highest BCUT2D eigenvalue weighted by molar-refractivity contribution is 7.12. The molecule has 0 radical (unpaired) electrons. The molecule has 0 N–H and O–H groups in total. The Labute approximate surface area is 124 Å². The minimum atomic E-state index is 0.117. The second-order valence-electron chi connectivity index (χ2n) is 5.47. The SMILES string of the molecule is Cc1cc(C(Cl)C2CCCc3ccccc32)c(C)s1. The van der Waals surface area contributed by atoms with Gasteiger partial charge in [0.15, 0.2) is 0 Å². The number of rotatable bonds is 2. The predicted octanol–water partition coefficient (Wildman–Crippen LogP) is 5.76. The van der Waals surface area contributed by atoms with E-state index in [4.69, 9.17) is 11.6 Å². The zero-order valence-electron chi connectivity index (χ0n) is 11.4. The van der Waals surface area contributed by atoms with Crippen molar-refractivity contribution in [1.82, 2.24) is 0 Å². The van der Waals surface area contributed by atoms with E-state index in [9.17, 15) is 0 Å². The van der Waals surface area contributed by atoms with Crippen molar-refractivity contribution in [2.75, 3.05) is 0 Å². The van der Waals surface area contributed by atoms with Crippen LogP contribution in [0.2, 0.25) is 0 Å². The maximum atomic E-state index is 6.84. The van der Waals surface area contributed by atoms with Gasteiger partial charge in [0.05, 0.1) is 5.38 Å². The third-order valence-electron chi connectivity index (χ3n) is 4.15. The lowest BCUT2D eigenvalue weighted by molar-refractivity contribution is 0.538. The third kappa shape index (κ3) is 2.46. The van der Waals surface area contributed by atoms with Crippen LogP contribution in [0.4, 0.5) is 0 Å². The summed E-state index contributed by atoms with van der Waals surface area (Å²) in [7, 11) is 0. The minimum Gasteiger partial charge on any atom is -0.146 e. The van der Waals surface area contributed by atoms with Crippen molar-refractivity contribution < 1.29 is 0 Å². The summed E-state index contributed by atoms with van der Waals surface area (Å²) >= 11 is 8.70. The van der Waals surface area contributed by atoms with Crippen LogP contribution in [-0.2, 0) is 6.42 Å². The molecule has 0 saturated carbocycles. The van der Waals surface area contributed by atoms with E-state index in [1.165, 1.54) is 45.7 Å². The van der Waals surface area contributed by atoms with Gasteiger partial charge in [0.1, 0.15) is 0 Å². The molecule has 1 heterocycles. The smallest absolute Gasteiger partial charge is 0.0664 e. The molecular weight excluding hydrogens is 272 g/mol. The van der Waals surface area contributed by atoms with E-state index in [1.807, 2.05) is 11.3 Å². The van der Waals surface area contributed by atoms with Crippen LogP contribution in [0.15, 0.2) is 30.3 Å². The molecule has 19 heavy (non-hydrogen) atoms. The number of thiophene rings is 1. The van der Waals surface area contributed by atoms with Crippen molar-refractivity contribution in [3.05, 3.63) is 56.8 Å². The monoisotopic (exact) mass is 290 g/mol. The highest BCUT2D eigenvalue weighted by Gasteiger charge is 2.28. The fourth-order valence-electron chi connectivity index (χ4n) is 3.24. The summed E-state index contributed by atoms with van der Waals surface area (Å²) in [6.07, 6.45) is 3.67. The maximum absolute atomic E-state index is 6.84. The average Bonchev–Trinajstić information content (AvgIpc) is 2.76. The second kappa shape index (κ2) is 5.30. The number of benzene rings is 1. The average molecular weight is 291 g/mol. The molecule has 3 rings (SSSR count). The van der Waals surface area contributed by atoms with Gasteiger partial charge in [-0.1, -0.05) is 24.3 Å². The van der Waals surface area contributed by atoms with Gasteiger partial charge in [-0.15, -0.1) is 22.9 Å². The molecule has 2 aromatic rings. The first-order valence-corrected chi connectivity index (χ1v) is 8.21. The molecule has 1 aromatic heterocycles. The Morgan fingerprint density at radius 3 is 2.79 bits per heavy atom. The van der Waals surface area contributed by atoms with E-state index in [2.05, 4.69) is 44.2 Å². The molecule has 1 aliphatic carbocycles. The second-order valence-corrected chi connectivity index (χ2v) is 7.40. The van der Waals surface area contributed by atoms with Gasteiger partial charge in [-0.25, -0.2) is 0 Å². The molecule has 0 saturated heterocycles. The molecule has 0 fully saturated rings. The Morgan fingerprint density at radius 1 is 1.26 bits per heavy atom. The number of aryl methyl sites for hydroxylation is 3. The lowest BCUT2D eigenvalue weighted by atomic mass is 9.79. The fraction of sp³-hybridized carbons (Fsp3) is 0.412. The van der Waals surface area contributed by atoms with E-state index in [1.54, 1.807) is 0 Å². The van der Waals surface area contributed by atoms with Crippen molar-refractivity contribution in [1.29, 1.82) is 0 Å². The Hall–Kier alpha value is -0.790. The highest BCUT2D eigenvalue weighted by atomic mass is 35.5. The molecule has 2 heteroatoms. The largest absolute Gasteiger partial charge is 0.146 e. The Balaban J connectivity index is 1.97. The van der Waals surface area contributed by atoms with Crippen LogP contribution in [0.25, 0.3) is 0 Å². The van der Waals surface area contributed by atoms with E-state index in [0.717, 1.165) is 0 Å². The standard InChI is InChI=1S/C17H19ClS/c1-11-10-16(12(2)19-11)17(18)15-9-5-7-13-6-3-4-8-14(13)15/h3-4,6,8,10,15,17H,5,7,9H2,1-2H3. The Morgan fingerprint density at radius 2 is 2.05 bits per heavy atom. The summed E-state index contributed by atoms with van der Waals surface area (Å²) in [5, 5.41) is 0.117. The first-order valence-electron chi connectivity index (χ1n) is 6.95. The molecule has 0 spiro atoms. The van der Waals surface area contributed by atoms with Gasteiger partial charge in [-0.2, -0.15) is 0 Å². The van der Waals surface area contributed by atoms with Crippen LogP contribution in [0, 0.1) is 13.8 Å². The lowest BCUT2D eigenvalue weighted by Crippen LogP contribution is -2.14. The van der Waals surface area contributed by atoms with Crippen molar-refractivity contribution >= 4 is 22.9 Å². The summed E-state index contributed by atoms with van der Waals surface area (Å²) in [5.41, 5.74) is 4.30. The lowest BCUT2D eigenvalue weighted by Gasteiger charge is -2.29. The Kier molecular flexibility index (Phi) is 3.68. The van der Waals surface area contributed by atoms with Gasteiger partial charge in [0.2, 0.25) is 0 Å². The van der Waals surface area contributed by atoms with Crippen LogP contribution < -0.4 is 0 Å². The van der Waals surface area contributed by atoms with Crippen LogP contribution in [-0.4, -0.2) is 0 Å². The van der Waals surface area contributed by atoms with Crippen molar-refractivity contribution in [2.24, 2.45) is 0 Å². The topological polar surface area (TPSA) is 0 Å². The van der Waals surface area contributed by atoms with Gasteiger partial charge < -0.3 is 0 Å². The number of fused-ring (bicyclic) bond motifs is 1. The summed E-state index contributed by atoms with van der Waals surface area (Å²) in [6.45, 7) is 4.36. The molecule has 0 nitrogen and oxygen atoms in total. The van der Waals surface area contributed by atoms with Gasteiger partial charge in [0, 0.05) is 15.7 Å². The Bertz CT molecular complexity index is 585. The van der Waals surface area contributed by atoms with Crippen molar-refractivity contribution in [2.45, 2.75) is 44.4 Å². The van der Waals surface area contributed by atoms with Crippen LogP contribution in [0.5, 0.6) is 0 Å². The number of hydrogen-bond acceptors (Lipinski definition) is 1. The number of alkyl halides is 1. The zero-order chi connectivity index (χ0) is 13.4. The van der Waals surface area contributed by atoms with Gasteiger partial charge in [-0.05, 0) is 55.9 Å². The summed E-state index contributed by atoms with van der Waals surface area (Å²) < 4.78 is 0. The molecule has 2 atom stereocenters. The number of hydrogen-bond donors (Lipinski definition) is 0. The van der Waals surface area contributed by atoms with E-state index in [-0.39, 0.29) is 5.38 Å². The molecule has 100 valence electrons. The van der Waals surface area contributed by atoms with E-state index < -0.39 is 0 Å². The van der Waals surface area contributed by atoms with E-state index in [0.29, 0.717) is 5.92 Å². The third-order valence-corrected chi connectivity index (χ3v) is 5.67. The quantitative estimate of drug-likeness (QED) is 0.616. The van der Waals surface area contributed by atoms with Crippen LogP contribution in [0.1, 0.15) is 50.6 Å². The maximum Gasteiger partial charge on any atom is 0.0664 e. The summed E-state index contributed by atoms with van der Waals surface area (Å²) in [6, 6.07) is 11.1. The molecule has 0 amide bonds. The molecule has 1 aliphatic rings. The first kappa shape index (κ1) is 13.2. The predicted molar refractivity (Wildman–Crippen MR) is 84.5 cm³/mol. The first-order chi connectivity index (χ1) is 9.16. The molecule has 1 aromatic carbocycles. The normalized spacial score (nSPS) is 20.1. The van der Waals surface area contributed by atoms with Gasteiger partial charge >= 0.3 is 0 Å². The fourth-order valence-corrected chi connectivity index (χ4v) is 4.76. The molecule has 0 bridgehead atoms. The molecule has 2 unspecified atom stereocenters. The summed E-state index contributed by atoms with van der Waals surface area (Å²) in [4.78, 5) is 2.74. The van der Waals surface area contributed by atoms with Crippen molar-refractivity contribution in [3.63, 3.8) is 0 Å². The van der Waals surface area contributed by atoms with Crippen LogP contribution >= 0.6 is 22.9 Å². The highest BCUT2D eigenvalue weighted by Crippen LogP contribution is 2.45.